The van der Waals surface area contributed by atoms with Crippen molar-refractivity contribution < 1.29 is 36.6 Å². The second-order valence-electron chi connectivity index (χ2n) is 3.02. The SMILES string of the molecule is O=C(O)Nc1ccc(OC(F)F)c(C(F)(F)F)c1. The summed E-state index contributed by atoms with van der Waals surface area (Å²) in [6.07, 6.45) is -6.52. The molecule has 0 aromatic heterocycles. The Kier molecular flexibility index (Phi) is 3.94. The van der Waals surface area contributed by atoms with Crippen LogP contribution in [0.15, 0.2) is 18.2 Å². The highest BCUT2D eigenvalue weighted by Gasteiger charge is 2.35. The van der Waals surface area contributed by atoms with Crippen molar-refractivity contribution in [3.8, 4) is 5.75 Å². The smallest absolute Gasteiger partial charge is 0.420 e. The van der Waals surface area contributed by atoms with E-state index in [1.54, 1.807) is 5.32 Å². The van der Waals surface area contributed by atoms with Gasteiger partial charge in [-0.1, -0.05) is 0 Å². The molecule has 0 radical (unpaired) electrons. The molecule has 0 aliphatic heterocycles. The molecular weight excluding hydrogens is 265 g/mol. The molecule has 2 N–H and O–H groups in total. The fourth-order valence-corrected chi connectivity index (χ4v) is 1.15. The summed E-state index contributed by atoms with van der Waals surface area (Å²) >= 11 is 0. The number of carboxylic acid groups (broad SMARTS) is 1. The molecule has 9 heteroatoms. The van der Waals surface area contributed by atoms with Crippen molar-refractivity contribution in [2.75, 3.05) is 5.32 Å². The van der Waals surface area contributed by atoms with Gasteiger partial charge in [-0.05, 0) is 18.2 Å². The molecular formula is C9H6F5NO3. The quantitative estimate of drug-likeness (QED) is 0.828. The van der Waals surface area contributed by atoms with E-state index in [2.05, 4.69) is 4.74 Å². The van der Waals surface area contributed by atoms with E-state index in [-0.39, 0.29) is 0 Å². The van der Waals surface area contributed by atoms with Crippen LogP contribution in [0.3, 0.4) is 0 Å². The van der Waals surface area contributed by atoms with Crippen molar-refractivity contribution >= 4 is 11.8 Å². The average molecular weight is 271 g/mol. The number of nitrogens with one attached hydrogen (secondary N) is 1. The highest BCUT2D eigenvalue weighted by Crippen LogP contribution is 2.38. The third kappa shape index (κ3) is 3.75. The van der Waals surface area contributed by atoms with Gasteiger partial charge in [0.25, 0.3) is 0 Å². The minimum absolute atomic E-state index is 0.367. The summed E-state index contributed by atoms with van der Waals surface area (Å²) in [4.78, 5) is 10.2. The molecule has 0 aliphatic carbocycles. The van der Waals surface area contributed by atoms with Crippen LogP contribution >= 0.6 is 0 Å². The highest BCUT2D eigenvalue weighted by molar-refractivity contribution is 5.83. The Balaban J connectivity index is 3.16. The molecule has 0 saturated carbocycles. The van der Waals surface area contributed by atoms with Gasteiger partial charge in [0.15, 0.2) is 0 Å². The van der Waals surface area contributed by atoms with E-state index in [0.717, 1.165) is 6.07 Å². The van der Waals surface area contributed by atoms with Crippen LogP contribution in [0.5, 0.6) is 5.75 Å². The number of benzene rings is 1. The molecule has 0 unspecified atom stereocenters. The number of carbonyl (C=O) groups is 1. The van der Waals surface area contributed by atoms with Gasteiger partial charge < -0.3 is 9.84 Å². The van der Waals surface area contributed by atoms with Crippen molar-refractivity contribution in [3.05, 3.63) is 23.8 Å². The Labute approximate surface area is 97.0 Å². The minimum Gasteiger partial charge on any atom is -0.465 e. The van der Waals surface area contributed by atoms with Crippen LogP contribution in [-0.4, -0.2) is 17.8 Å². The van der Waals surface area contributed by atoms with Gasteiger partial charge in [0, 0.05) is 5.69 Å². The van der Waals surface area contributed by atoms with E-state index >= 15 is 0 Å². The van der Waals surface area contributed by atoms with Gasteiger partial charge in [-0.15, -0.1) is 0 Å². The molecule has 0 aliphatic rings. The zero-order chi connectivity index (χ0) is 13.9. The maximum absolute atomic E-state index is 12.5. The Hall–Kier alpha value is -2.06. The normalized spacial score (nSPS) is 11.4. The number of halogens is 5. The summed E-state index contributed by atoms with van der Waals surface area (Å²) in [5.74, 6) is -1.08. The maximum atomic E-state index is 12.5. The first-order valence-corrected chi connectivity index (χ1v) is 4.36. The Morgan fingerprint density at radius 1 is 1.33 bits per heavy atom. The predicted molar refractivity (Wildman–Crippen MR) is 49.7 cm³/mol. The summed E-state index contributed by atoms with van der Waals surface area (Å²) in [6, 6.07) is 1.85. The van der Waals surface area contributed by atoms with E-state index in [1.165, 1.54) is 0 Å². The van der Waals surface area contributed by atoms with Gasteiger partial charge in [-0.2, -0.15) is 22.0 Å². The van der Waals surface area contributed by atoms with Gasteiger partial charge in [0.1, 0.15) is 5.75 Å². The fourth-order valence-electron chi connectivity index (χ4n) is 1.15. The van der Waals surface area contributed by atoms with Crippen molar-refractivity contribution in [2.45, 2.75) is 12.8 Å². The molecule has 0 saturated heterocycles. The van der Waals surface area contributed by atoms with Gasteiger partial charge >= 0.3 is 18.9 Å². The van der Waals surface area contributed by atoms with Crippen LogP contribution in [-0.2, 0) is 6.18 Å². The van der Waals surface area contributed by atoms with E-state index in [1.807, 2.05) is 0 Å². The van der Waals surface area contributed by atoms with Crippen LogP contribution in [0.1, 0.15) is 5.56 Å². The number of hydrogen-bond donors (Lipinski definition) is 2. The van der Waals surface area contributed by atoms with Gasteiger partial charge in [-0.25, -0.2) is 4.79 Å². The number of anilines is 1. The molecule has 0 atom stereocenters. The first-order valence-electron chi connectivity index (χ1n) is 4.36. The zero-order valence-electron chi connectivity index (χ0n) is 8.46. The third-order valence-corrected chi connectivity index (χ3v) is 1.75. The lowest BCUT2D eigenvalue weighted by Crippen LogP contribution is -2.13. The van der Waals surface area contributed by atoms with E-state index < -0.39 is 35.9 Å². The van der Waals surface area contributed by atoms with Crippen molar-refractivity contribution in [3.63, 3.8) is 0 Å². The topological polar surface area (TPSA) is 58.6 Å². The average Bonchev–Trinajstić information content (AvgIpc) is 2.17. The second-order valence-corrected chi connectivity index (χ2v) is 3.02. The first kappa shape index (κ1) is 14.0. The fraction of sp³-hybridized carbons (Fsp3) is 0.222. The summed E-state index contributed by atoms with van der Waals surface area (Å²) < 4.78 is 65.1. The van der Waals surface area contributed by atoms with Crippen molar-refractivity contribution in [1.82, 2.24) is 0 Å². The summed E-state index contributed by atoms with van der Waals surface area (Å²) in [7, 11) is 0. The Bertz CT molecular complexity index is 446. The standard InChI is InChI=1S/C9H6F5NO3/c10-7(11)18-6-2-1-4(15-8(16)17)3-5(6)9(12,13)14/h1-3,7,15H,(H,16,17). The lowest BCUT2D eigenvalue weighted by molar-refractivity contribution is -0.141. The molecule has 0 fully saturated rings. The molecule has 100 valence electrons. The second kappa shape index (κ2) is 5.07. The molecule has 1 aromatic rings. The molecule has 1 aromatic carbocycles. The maximum Gasteiger partial charge on any atom is 0.420 e. The van der Waals surface area contributed by atoms with E-state index in [4.69, 9.17) is 5.11 Å². The van der Waals surface area contributed by atoms with Crippen LogP contribution in [0.4, 0.5) is 32.4 Å². The zero-order valence-corrected chi connectivity index (χ0v) is 8.46. The lowest BCUT2D eigenvalue weighted by atomic mass is 10.1. The number of amides is 1. The third-order valence-electron chi connectivity index (χ3n) is 1.75. The lowest BCUT2D eigenvalue weighted by Gasteiger charge is -2.14. The molecule has 0 spiro atoms. The van der Waals surface area contributed by atoms with E-state index in [0.29, 0.717) is 12.1 Å². The monoisotopic (exact) mass is 271 g/mol. The molecule has 1 rings (SSSR count). The molecule has 4 nitrogen and oxygen atoms in total. The Morgan fingerprint density at radius 2 is 1.94 bits per heavy atom. The van der Waals surface area contributed by atoms with Crippen molar-refractivity contribution in [2.24, 2.45) is 0 Å². The highest BCUT2D eigenvalue weighted by atomic mass is 19.4. The number of ether oxygens (including phenoxy) is 1. The Morgan fingerprint density at radius 3 is 2.39 bits per heavy atom. The van der Waals surface area contributed by atoms with E-state index in [9.17, 15) is 26.7 Å². The molecule has 18 heavy (non-hydrogen) atoms. The number of rotatable bonds is 3. The van der Waals surface area contributed by atoms with Crippen LogP contribution in [0, 0.1) is 0 Å². The molecule has 0 bridgehead atoms. The number of hydrogen-bond acceptors (Lipinski definition) is 2. The van der Waals surface area contributed by atoms with Gasteiger partial charge in [0.2, 0.25) is 0 Å². The van der Waals surface area contributed by atoms with Gasteiger partial charge in [0.05, 0.1) is 5.56 Å². The molecule has 1 amide bonds. The summed E-state index contributed by atoms with van der Waals surface area (Å²) in [5.41, 5.74) is -1.90. The van der Waals surface area contributed by atoms with Crippen molar-refractivity contribution in [1.29, 1.82) is 0 Å². The van der Waals surface area contributed by atoms with Gasteiger partial charge in [-0.3, -0.25) is 5.32 Å². The largest absolute Gasteiger partial charge is 0.465 e. The summed E-state index contributed by atoms with van der Waals surface area (Å²) in [6.45, 7) is -3.41. The first-order chi connectivity index (χ1) is 8.20. The van der Waals surface area contributed by atoms with Crippen LogP contribution in [0.2, 0.25) is 0 Å². The summed E-state index contributed by atoms with van der Waals surface area (Å²) in [5, 5.41) is 10.0. The predicted octanol–water partition coefficient (Wildman–Crippen LogP) is 3.40. The number of alkyl halides is 5. The minimum atomic E-state index is -4.94. The molecule has 0 heterocycles. The van der Waals surface area contributed by atoms with Crippen LogP contribution < -0.4 is 10.1 Å². The van der Waals surface area contributed by atoms with Crippen LogP contribution in [0.25, 0.3) is 0 Å².